The summed E-state index contributed by atoms with van der Waals surface area (Å²) in [5.74, 6) is 0. The van der Waals surface area contributed by atoms with Gasteiger partial charge in [0.15, 0.2) is 0 Å². The van der Waals surface area contributed by atoms with E-state index in [-0.39, 0.29) is 0 Å². The third kappa shape index (κ3) is 3.14. The predicted octanol–water partition coefficient (Wildman–Crippen LogP) is 2.98. The van der Waals surface area contributed by atoms with Crippen molar-refractivity contribution >= 4 is 0 Å². The van der Waals surface area contributed by atoms with Crippen LogP contribution in [0.3, 0.4) is 0 Å². The van der Waals surface area contributed by atoms with Gasteiger partial charge in [0.2, 0.25) is 0 Å². The van der Waals surface area contributed by atoms with E-state index in [1.54, 1.807) is 6.20 Å². The fourth-order valence-electron chi connectivity index (χ4n) is 1.86. The first kappa shape index (κ1) is 12.7. The fraction of sp³-hybridized carbons (Fsp3) is 0.333. The maximum atomic E-state index is 4.44. The molecule has 0 saturated carbocycles. The summed E-state index contributed by atoms with van der Waals surface area (Å²) in [6.07, 6.45) is 5.64. The van der Waals surface area contributed by atoms with E-state index in [1.165, 1.54) is 11.1 Å². The zero-order valence-electron chi connectivity index (χ0n) is 11.2. The average molecular weight is 241 g/mol. The molecule has 3 nitrogen and oxygen atoms in total. The van der Waals surface area contributed by atoms with Crippen LogP contribution in [0.4, 0.5) is 0 Å². The highest BCUT2D eigenvalue weighted by Crippen LogP contribution is 2.18. The Morgan fingerprint density at radius 2 is 2.06 bits per heavy atom. The molecule has 2 aromatic rings. The molecule has 0 aromatic carbocycles. The third-order valence-electron chi connectivity index (χ3n) is 3.21. The molecule has 2 aromatic heterocycles. The Morgan fingerprint density at radius 3 is 2.67 bits per heavy atom. The predicted molar refractivity (Wildman–Crippen MR) is 73.1 cm³/mol. The summed E-state index contributed by atoms with van der Waals surface area (Å²) in [7, 11) is 2.11. The molecule has 1 atom stereocenters. The number of aromatic nitrogens is 2. The van der Waals surface area contributed by atoms with Crippen LogP contribution in [-0.4, -0.2) is 21.9 Å². The second-order valence-corrected chi connectivity index (χ2v) is 4.70. The molecule has 3 heteroatoms. The first-order valence-corrected chi connectivity index (χ1v) is 6.18. The lowest BCUT2D eigenvalue weighted by Crippen LogP contribution is -2.22. The normalized spacial score (nSPS) is 12.7. The minimum atomic E-state index is 0.335. The van der Waals surface area contributed by atoms with Crippen LogP contribution in [0.15, 0.2) is 42.9 Å². The zero-order valence-corrected chi connectivity index (χ0v) is 11.2. The highest BCUT2D eigenvalue weighted by atomic mass is 15.1. The minimum Gasteiger partial charge on any atom is -0.294 e. The van der Waals surface area contributed by atoms with Gasteiger partial charge in [-0.2, -0.15) is 0 Å². The molecule has 0 amide bonds. The molecule has 0 spiro atoms. The number of rotatable bonds is 4. The molecular formula is C15H19N3. The maximum absolute atomic E-state index is 4.44. The summed E-state index contributed by atoms with van der Waals surface area (Å²) in [6.45, 7) is 5.08. The van der Waals surface area contributed by atoms with Gasteiger partial charge in [-0.15, -0.1) is 0 Å². The average Bonchev–Trinajstić information content (AvgIpc) is 2.41. The lowest BCUT2D eigenvalue weighted by molar-refractivity contribution is 0.250. The third-order valence-corrected chi connectivity index (χ3v) is 3.21. The van der Waals surface area contributed by atoms with Crippen LogP contribution in [0, 0.1) is 6.92 Å². The Bertz CT molecular complexity index is 479. The van der Waals surface area contributed by atoms with Gasteiger partial charge in [-0.05, 0) is 44.2 Å². The van der Waals surface area contributed by atoms with Crippen LogP contribution in [0.1, 0.15) is 29.8 Å². The van der Waals surface area contributed by atoms with Crippen LogP contribution < -0.4 is 0 Å². The van der Waals surface area contributed by atoms with Gasteiger partial charge >= 0.3 is 0 Å². The Morgan fingerprint density at radius 1 is 1.22 bits per heavy atom. The van der Waals surface area contributed by atoms with Crippen LogP contribution in [0.5, 0.6) is 0 Å². The van der Waals surface area contributed by atoms with Gasteiger partial charge in [0.25, 0.3) is 0 Å². The Labute approximate surface area is 109 Å². The lowest BCUT2D eigenvalue weighted by atomic mass is 10.1. The van der Waals surface area contributed by atoms with Gasteiger partial charge in [-0.25, -0.2) is 0 Å². The second kappa shape index (κ2) is 5.74. The number of aryl methyl sites for hydroxylation is 1. The lowest BCUT2D eigenvalue weighted by Gasteiger charge is -2.24. The Kier molecular flexibility index (Phi) is 4.05. The molecule has 94 valence electrons. The molecule has 0 bridgehead atoms. The van der Waals surface area contributed by atoms with Crippen LogP contribution in [-0.2, 0) is 6.54 Å². The van der Waals surface area contributed by atoms with Crippen molar-refractivity contribution in [2.45, 2.75) is 26.4 Å². The summed E-state index contributed by atoms with van der Waals surface area (Å²) >= 11 is 0. The van der Waals surface area contributed by atoms with Crippen molar-refractivity contribution in [2.24, 2.45) is 0 Å². The van der Waals surface area contributed by atoms with Crippen molar-refractivity contribution < 1.29 is 0 Å². The van der Waals surface area contributed by atoms with Gasteiger partial charge in [0, 0.05) is 31.2 Å². The molecule has 0 unspecified atom stereocenters. The van der Waals surface area contributed by atoms with Crippen molar-refractivity contribution in [3.05, 3.63) is 59.7 Å². The van der Waals surface area contributed by atoms with E-state index >= 15 is 0 Å². The van der Waals surface area contributed by atoms with Crippen LogP contribution >= 0.6 is 0 Å². The number of pyridine rings is 2. The highest BCUT2D eigenvalue weighted by Gasteiger charge is 2.12. The van der Waals surface area contributed by atoms with Gasteiger partial charge in [-0.1, -0.05) is 12.1 Å². The maximum Gasteiger partial charge on any atom is 0.0544 e. The van der Waals surface area contributed by atoms with Gasteiger partial charge in [0.1, 0.15) is 0 Å². The molecule has 0 saturated heterocycles. The molecule has 0 N–H and O–H groups in total. The number of nitrogens with zero attached hydrogens (tertiary/aromatic N) is 3. The van der Waals surface area contributed by atoms with Crippen molar-refractivity contribution in [1.82, 2.24) is 14.9 Å². The Hall–Kier alpha value is -1.74. The summed E-state index contributed by atoms with van der Waals surface area (Å²) in [6, 6.07) is 8.61. The van der Waals surface area contributed by atoms with Crippen LogP contribution in [0.2, 0.25) is 0 Å². The largest absolute Gasteiger partial charge is 0.294 e. The van der Waals surface area contributed by atoms with E-state index in [9.17, 15) is 0 Å². The van der Waals surface area contributed by atoms with Crippen molar-refractivity contribution in [3.63, 3.8) is 0 Å². The monoisotopic (exact) mass is 241 g/mol. The van der Waals surface area contributed by atoms with Gasteiger partial charge in [-0.3, -0.25) is 14.9 Å². The van der Waals surface area contributed by atoms with Crippen molar-refractivity contribution in [3.8, 4) is 0 Å². The zero-order chi connectivity index (χ0) is 13.0. The van der Waals surface area contributed by atoms with Crippen molar-refractivity contribution in [2.75, 3.05) is 7.05 Å². The molecule has 0 aliphatic heterocycles. The van der Waals surface area contributed by atoms with E-state index in [1.807, 2.05) is 18.5 Å². The molecule has 2 heterocycles. The van der Waals surface area contributed by atoms with Crippen LogP contribution in [0.25, 0.3) is 0 Å². The fourth-order valence-corrected chi connectivity index (χ4v) is 1.86. The first-order chi connectivity index (χ1) is 8.66. The summed E-state index contributed by atoms with van der Waals surface area (Å²) in [4.78, 5) is 10.9. The molecule has 0 aliphatic rings. The van der Waals surface area contributed by atoms with E-state index in [2.05, 4.69) is 54.0 Å². The number of hydrogen-bond acceptors (Lipinski definition) is 3. The highest BCUT2D eigenvalue weighted by molar-refractivity contribution is 5.15. The van der Waals surface area contributed by atoms with Gasteiger partial charge < -0.3 is 0 Å². The van der Waals surface area contributed by atoms with E-state index in [0.29, 0.717) is 6.04 Å². The Balaban J connectivity index is 2.03. The molecule has 18 heavy (non-hydrogen) atoms. The molecule has 0 radical (unpaired) electrons. The van der Waals surface area contributed by atoms with E-state index < -0.39 is 0 Å². The standard InChI is InChI=1S/C15H19N3/c1-12-6-7-15(17-9-12)11-18(3)13(2)14-5-4-8-16-10-14/h4-10,13H,11H2,1-3H3/t13-/m0/s1. The minimum absolute atomic E-state index is 0.335. The molecular weight excluding hydrogens is 222 g/mol. The molecule has 0 aliphatic carbocycles. The molecule has 2 rings (SSSR count). The topological polar surface area (TPSA) is 29.0 Å². The summed E-state index contributed by atoms with van der Waals surface area (Å²) in [5.41, 5.74) is 3.52. The summed E-state index contributed by atoms with van der Waals surface area (Å²) < 4.78 is 0. The molecule has 0 fully saturated rings. The smallest absolute Gasteiger partial charge is 0.0544 e. The van der Waals surface area contributed by atoms with E-state index in [0.717, 1.165) is 12.2 Å². The van der Waals surface area contributed by atoms with Crippen molar-refractivity contribution in [1.29, 1.82) is 0 Å². The number of hydrogen-bond donors (Lipinski definition) is 0. The SMILES string of the molecule is Cc1ccc(CN(C)[C@@H](C)c2cccnc2)nc1. The first-order valence-electron chi connectivity index (χ1n) is 6.18. The van der Waals surface area contributed by atoms with Gasteiger partial charge in [0.05, 0.1) is 5.69 Å². The summed E-state index contributed by atoms with van der Waals surface area (Å²) in [5, 5.41) is 0. The second-order valence-electron chi connectivity index (χ2n) is 4.70. The quantitative estimate of drug-likeness (QED) is 0.824. The van der Waals surface area contributed by atoms with E-state index in [4.69, 9.17) is 0 Å².